The van der Waals surface area contributed by atoms with Crippen molar-refractivity contribution < 1.29 is 19.0 Å². The van der Waals surface area contributed by atoms with Crippen LogP contribution < -0.4 is 9.47 Å². The molecule has 0 unspecified atom stereocenters. The van der Waals surface area contributed by atoms with Crippen LogP contribution >= 0.6 is 23.2 Å². The van der Waals surface area contributed by atoms with Gasteiger partial charge in [0.05, 0.1) is 6.61 Å². The molecule has 0 fully saturated rings. The van der Waals surface area contributed by atoms with E-state index in [4.69, 9.17) is 37.4 Å². The van der Waals surface area contributed by atoms with Gasteiger partial charge in [-0.25, -0.2) is 9.79 Å². The SMILES string of the molecule is CCOc1cc(/C=C2/N=C(c3cccc(Cl)c3)OC2=O)ccc1OCc1ccccc1Cl. The number of benzene rings is 3. The molecular weight excluding hydrogens is 449 g/mol. The molecule has 1 heterocycles. The van der Waals surface area contributed by atoms with Gasteiger partial charge in [0.25, 0.3) is 0 Å². The maximum atomic E-state index is 12.3. The van der Waals surface area contributed by atoms with Gasteiger partial charge in [-0.15, -0.1) is 0 Å². The van der Waals surface area contributed by atoms with E-state index in [0.29, 0.717) is 40.3 Å². The minimum Gasteiger partial charge on any atom is -0.490 e. The number of cyclic esters (lactones) is 1. The van der Waals surface area contributed by atoms with E-state index in [-0.39, 0.29) is 11.6 Å². The van der Waals surface area contributed by atoms with Gasteiger partial charge in [0.2, 0.25) is 5.90 Å². The average molecular weight is 468 g/mol. The van der Waals surface area contributed by atoms with Crippen LogP contribution in [0.3, 0.4) is 0 Å². The number of hydrogen-bond donors (Lipinski definition) is 0. The molecule has 162 valence electrons. The lowest BCUT2D eigenvalue weighted by Crippen LogP contribution is -2.05. The summed E-state index contributed by atoms with van der Waals surface area (Å²) in [5.74, 6) is 0.816. The summed E-state index contributed by atoms with van der Waals surface area (Å²) in [5, 5.41) is 1.17. The van der Waals surface area contributed by atoms with E-state index in [0.717, 1.165) is 11.1 Å². The molecule has 0 amide bonds. The highest BCUT2D eigenvalue weighted by Crippen LogP contribution is 2.31. The molecule has 0 radical (unpaired) electrons. The third-order valence-corrected chi connectivity index (χ3v) is 5.21. The van der Waals surface area contributed by atoms with E-state index in [2.05, 4.69) is 4.99 Å². The van der Waals surface area contributed by atoms with Crippen molar-refractivity contribution in [2.75, 3.05) is 6.61 Å². The van der Waals surface area contributed by atoms with E-state index in [9.17, 15) is 4.79 Å². The number of carbonyl (C=O) groups excluding carboxylic acids is 1. The fourth-order valence-corrected chi connectivity index (χ4v) is 3.47. The van der Waals surface area contributed by atoms with Crippen LogP contribution in [0, 0.1) is 0 Å². The molecule has 1 aliphatic heterocycles. The van der Waals surface area contributed by atoms with Crippen LogP contribution in [0.2, 0.25) is 10.0 Å². The predicted molar refractivity (Wildman–Crippen MR) is 125 cm³/mol. The zero-order valence-corrected chi connectivity index (χ0v) is 18.7. The van der Waals surface area contributed by atoms with Crippen LogP contribution in [0.15, 0.2) is 77.4 Å². The average Bonchev–Trinajstić information content (AvgIpc) is 3.15. The molecule has 1 aliphatic rings. The van der Waals surface area contributed by atoms with Crippen LogP contribution in [-0.2, 0) is 16.1 Å². The summed E-state index contributed by atoms with van der Waals surface area (Å²) in [6.07, 6.45) is 1.64. The van der Waals surface area contributed by atoms with Gasteiger partial charge >= 0.3 is 5.97 Å². The Kier molecular flexibility index (Phi) is 6.78. The summed E-state index contributed by atoms with van der Waals surface area (Å²) in [7, 11) is 0. The second-order valence-corrected chi connectivity index (χ2v) is 7.71. The summed E-state index contributed by atoms with van der Waals surface area (Å²) >= 11 is 12.2. The molecule has 0 bridgehead atoms. The molecule has 0 aliphatic carbocycles. The van der Waals surface area contributed by atoms with E-state index < -0.39 is 5.97 Å². The van der Waals surface area contributed by atoms with Crippen LogP contribution in [0.5, 0.6) is 11.5 Å². The second kappa shape index (κ2) is 9.90. The third kappa shape index (κ3) is 5.13. The molecule has 4 rings (SSSR count). The highest BCUT2D eigenvalue weighted by atomic mass is 35.5. The van der Waals surface area contributed by atoms with Crippen LogP contribution in [-0.4, -0.2) is 18.5 Å². The number of rotatable bonds is 7. The first-order valence-electron chi connectivity index (χ1n) is 9.95. The minimum absolute atomic E-state index is 0.187. The molecule has 0 spiro atoms. The molecule has 0 aromatic heterocycles. The molecule has 0 atom stereocenters. The lowest BCUT2D eigenvalue weighted by molar-refractivity contribution is -0.129. The quantitative estimate of drug-likeness (QED) is 0.301. The Morgan fingerprint density at radius 3 is 2.59 bits per heavy atom. The standard InChI is InChI=1S/C25H19Cl2NO4/c1-2-30-23-13-16(10-11-22(23)31-15-18-6-3-4-9-20(18)27)12-21-25(29)32-24(28-21)17-7-5-8-19(26)14-17/h3-14H,2,15H2,1H3/b21-12+. The van der Waals surface area contributed by atoms with Crippen molar-refractivity contribution >= 4 is 41.1 Å². The molecule has 3 aromatic carbocycles. The fourth-order valence-electron chi connectivity index (χ4n) is 3.08. The lowest BCUT2D eigenvalue weighted by Gasteiger charge is -2.13. The largest absolute Gasteiger partial charge is 0.490 e. The Bertz CT molecular complexity index is 1220. The summed E-state index contributed by atoms with van der Waals surface area (Å²) in [4.78, 5) is 16.6. The van der Waals surface area contributed by atoms with Crippen molar-refractivity contribution in [3.63, 3.8) is 0 Å². The van der Waals surface area contributed by atoms with E-state index in [1.165, 1.54) is 0 Å². The van der Waals surface area contributed by atoms with E-state index in [1.807, 2.05) is 37.3 Å². The molecule has 0 saturated heterocycles. The predicted octanol–water partition coefficient (Wildman–Crippen LogP) is 6.32. The summed E-state index contributed by atoms with van der Waals surface area (Å²) in [5.41, 5.74) is 2.42. The molecule has 0 saturated carbocycles. The number of halogens is 2. The van der Waals surface area contributed by atoms with Crippen molar-refractivity contribution in [2.45, 2.75) is 13.5 Å². The Labute approximate surface area is 195 Å². The minimum atomic E-state index is -0.531. The molecule has 3 aromatic rings. The van der Waals surface area contributed by atoms with Crippen molar-refractivity contribution in [1.82, 2.24) is 0 Å². The van der Waals surface area contributed by atoms with Gasteiger partial charge in [-0.2, -0.15) is 0 Å². The summed E-state index contributed by atoms with van der Waals surface area (Å²) in [6, 6.07) is 19.9. The van der Waals surface area contributed by atoms with Crippen molar-refractivity contribution in [3.8, 4) is 11.5 Å². The zero-order valence-electron chi connectivity index (χ0n) is 17.2. The van der Waals surface area contributed by atoms with Gasteiger partial charge in [-0.1, -0.05) is 53.5 Å². The lowest BCUT2D eigenvalue weighted by atomic mass is 10.1. The second-order valence-electron chi connectivity index (χ2n) is 6.87. The molecule has 7 heteroatoms. The fraction of sp³-hybridized carbons (Fsp3) is 0.120. The first-order valence-corrected chi connectivity index (χ1v) is 10.7. The van der Waals surface area contributed by atoms with Crippen LogP contribution in [0.1, 0.15) is 23.6 Å². The van der Waals surface area contributed by atoms with Gasteiger partial charge in [-0.05, 0) is 55.0 Å². The summed E-state index contributed by atoms with van der Waals surface area (Å²) in [6.45, 7) is 2.65. The number of aliphatic imine (C=N–C) groups is 1. The maximum Gasteiger partial charge on any atom is 0.363 e. The zero-order chi connectivity index (χ0) is 22.5. The number of ether oxygens (including phenoxy) is 3. The Morgan fingerprint density at radius 1 is 0.969 bits per heavy atom. The normalized spacial score (nSPS) is 14.3. The first kappa shape index (κ1) is 21.9. The van der Waals surface area contributed by atoms with Crippen molar-refractivity contribution in [1.29, 1.82) is 0 Å². The van der Waals surface area contributed by atoms with Crippen molar-refractivity contribution in [3.05, 3.63) is 99.2 Å². The Hall–Kier alpha value is -3.28. The van der Waals surface area contributed by atoms with Crippen LogP contribution in [0.25, 0.3) is 6.08 Å². The van der Waals surface area contributed by atoms with Gasteiger partial charge in [0, 0.05) is 21.2 Å². The topological polar surface area (TPSA) is 57.1 Å². The molecular formula is C25H19Cl2NO4. The van der Waals surface area contributed by atoms with Gasteiger partial charge < -0.3 is 14.2 Å². The third-order valence-electron chi connectivity index (χ3n) is 4.60. The number of carbonyl (C=O) groups is 1. The summed E-state index contributed by atoms with van der Waals surface area (Å²) < 4.78 is 17.0. The number of esters is 1. The molecule has 5 nitrogen and oxygen atoms in total. The maximum absolute atomic E-state index is 12.3. The highest BCUT2D eigenvalue weighted by molar-refractivity contribution is 6.31. The number of hydrogen-bond acceptors (Lipinski definition) is 5. The number of nitrogens with zero attached hydrogens (tertiary/aromatic N) is 1. The van der Waals surface area contributed by atoms with Crippen LogP contribution in [0.4, 0.5) is 0 Å². The van der Waals surface area contributed by atoms with Gasteiger partial charge in [0.1, 0.15) is 6.61 Å². The van der Waals surface area contributed by atoms with E-state index in [1.54, 1.807) is 42.5 Å². The van der Waals surface area contributed by atoms with Gasteiger partial charge in [0.15, 0.2) is 17.2 Å². The van der Waals surface area contributed by atoms with Crippen molar-refractivity contribution in [2.24, 2.45) is 4.99 Å². The smallest absolute Gasteiger partial charge is 0.363 e. The Morgan fingerprint density at radius 2 is 1.81 bits per heavy atom. The van der Waals surface area contributed by atoms with Gasteiger partial charge in [-0.3, -0.25) is 0 Å². The molecule has 0 N–H and O–H groups in total. The Balaban J connectivity index is 1.57. The van der Waals surface area contributed by atoms with E-state index >= 15 is 0 Å². The monoisotopic (exact) mass is 467 g/mol. The highest BCUT2D eigenvalue weighted by Gasteiger charge is 2.24. The first-order chi connectivity index (χ1) is 15.5. The molecule has 32 heavy (non-hydrogen) atoms.